The molecular formula is C15H16N4O3. The zero-order valence-corrected chi connectivity index (χ0v) is 12.0. The Hall–Kier alpha value is -2.41. The lowest BCUT2D eigenvalue weighted by molar-refractivity contribution is -0.127. The van der Waals surface area contributed by atoms with E-state index in [0.29, 0.717) is 12.0 Å². The van der Waals surface area contributed by atoms with Gasteiger partial charge in [0.05, 0.1) is 36.9 Å². The van der Waals surface area contributed by atoms with Crippen LogP contribution in [0.3, 0.4) is 0 Å². The molecule has 22 heavy (non-hydrogen) atoms. The number of anilines is 1. The van der Waals surface area contributed by atoms with Crippen molar-refractivity contribution in [3.63, 3.8) is 0 Å². The zero-order chi connectivity index (χ0) is 15.2. The van der Waals surface area contributed by atoms with Crippen LogP contribution < -0.4 is 4.90 Å². The fraction of sp³-hybridized carbons (Fsp3) is 0.400. The van der Waals surface area contributed by atoms with E-state index in [4.69, 9.17) is 9.84 Å². The highest BCUT2D eigenvalue weighted by Gasteiger charge is 2.49. The Balaban J connectivity index is 1.40. The maximum absolute atomic E-state index is 10.8. The summed E-state index contributed by atoms with van der Waals surface area (Å²) in [6, 6.07) is 4.01. The summed E-state index contributed by atoms with van der Waals surface area (Å²) in [4.78, 5) is 17.6. The molecule has 1 N–H and O–H groups in total. The molecule has 114 valence electrons. The van der Waals surface area contributed by atoms with E-state index in [9.17, 15) is 4.79 Å². The van der Waals surface area contributed by atoms with Crippen LogP contribution in [0.2, 0.25) is 0 Å². The maximum atomic E-state index is 10.8. The standard InChI is InChI=1S/C15H16N4O3/c20-14(21)12-4-17-19(6-12)5-11-1-2-13(16-3-11)18-7-15(8-18)9-22-10-15/h1-4,6H,5,7-10H2,(H,20,21). The van der Waals surface area contributed by atoms with Gasteiger partial charge < -0.3 is 14.7 Å². The van der Waals surface area contributed by atoms with Crippen LogP contribution in [-0.4, -0.2) is 52.1 Å². The number of carboxylic acids is 1. The normalized spacial score (nSPS) is 18.8. The number of aromatic nitrogens is 3. The number of hydrogen-bond donors (Lipinski definition) is 1. The molecule has 2 aromatic rings. The summed E-state index contributed by atoms with van der Waals surface area (Å²) in [5.41, 5.74) is 1.56. The Morgan fingerprint density at radius 1 is 1.32 bits per heavy atom. The van der Waals surface area contributed by atoms with E-state index in [0.717, 1.165) is 37.7 Å². The van der Waals surface area contributed by atoms with Gasteiger partial charge in [-0.1, -0.05) is 6.07 Å². The molecule has 4 heterocycles. The van der Waals surface area contributed by atoms with Crippen molar-refractivity contribution in [2.24, 2.45) is 5.41 Å². The van der Waals surface area contributed by atoms with Crippen molar-refractivity contribution in [2.75, 3.05) is 31.2 Å². The second kappa shape index (κ2) is 4.81. The van der Waals surface area contributed by atoms with Crippen LogP contribution in [-0.2, 0) is 11.3 Å². The Bertz CT molecular complexity index is 698. The molecule has 0 bridgehead atoms. The van der Waals surface area contributed by atoms with Gasteiger partial charge in [0.15, 0.2) is 0 Å². The van der Waals surface area contributed by atoms with Gasteiger partial charge in [-0.2, -0.15) is 5.10 Å². The van der Waals surface area contributed by atoms with Crippen LogP contribution in [0.15, 0.2) is 30.7 Å². The van der Waals surface area contributed by atoms with Crippen LogP contribution in [0, 0.1) is 5.41 Å². The minimum absolute atomic E-state index is 0.193. The first-order valence-electron chi connectivity index (χ1n) is 7.17. The van der Waals surface area contributed by atoms with Gasteiger partial charge in [-0.3, -0.25) is 4.68 Å². The molecule has 0 aromatic carbocycles. The highest BCUT2D eigenvalue weighted by Crippen LogP contribution is 2.39. The number of carboxylic acid groups (broad SMARTS) is 1. The molecule has 7 heteroatoms. The molecule has 1 spiro atoms. The summed E-state index contributed by atoms with van der Waals surface area (Å²) >= 11 is 0. The lowest BCUT2D eigenvalue weighted by Gasteiger charge is -2.55. The molecule has 0 amide bonds. The molecule has 2 fully saturated rings. The monoisotopic (exact) mass is 300 g/mol. The van der Waals surface area contributed by atoms with Crippen LogP contribution in [0.1, 0.15) is 15.9 Å². The summed E-state index contributed by atoms with van der Waals surface area (Å²) in [5, 5.41) is 12.9. The van der Waals surface area contributed by atoms with Crippen LogP contribution in [0.5, 0.6) is 0 Å². The van der Waals surface area contributed by atoms with E-state index < -0.39 is 5.97 Å². The molecule has 4 rings (SSSR count). The van der Waals surface area contributed by atoms with Gasteiger partial charge >= 0.3 is 5.97 Å². The van der Waals surface area contributed by atoms with E-state index >= 15 is 0 Å². The number of carbonyl (C=O) groups is 1. The third kappa shape index (κ3) is 2.23. The fourth-order valence-electron chi connectivity index (χ4n) is 2.94. The predicted molar refractivity (Wildman–Crippen MR) is 78.0 cm³/mol. The number of pyridine rings is 1. The largest absolute Gasteiger partial charge is 0.478 e. The summed E-state index contributed by atoms with van der Waals surface area (Å²) < 4.78 is 6.87. The number of nitrogens with zero attached hydrogens (tertiary/aromatic N) is 4. The van der Waals surface area contributed by atoms with Crippen molar-refractivity contribution in [1.82, 2.24) is 14.8 Å². The van der Waals surface area contributed by atoms with Crippen molar-refractivity contribution >= 4 is 11.8 Å². The minimum atomic E-state index is -0.966. The lowest BCUT2D eigenvalue weighted by atomic mass is 9.78. The summed E-state index contributed by atoms with van der Waals surface area (Å²) in [6.07, 6.45) is 4.69. The predicted octanol–water partition coefficient (Wildman–Crippen LogP) is 0.861. The van der Waals surface area contributed by atoms with Gasteiger partial charge in [0.2, 0.25) is 0 Å². The van der Waals surface area contributed by atoms with E-state index in [1.165, 1.54) is 12.4 Å². The van der Waals surface area contributed by atoms with Gasteiger partial charge in [-0.15, -0.1) is 0 Å². The first kappa shape index (κ1) is 13.3. The average molecular weight is 300 g/mol. The fourth-order valence-corrected chi connectivity index (χ4v) is 2.94. The minimum Gasteiger partial charge on any atom is -0.478 e. The van der Waals surface area contributed by atoms with Crippen molar-refractivity contribution in [1.29, 1.82) is 0 Å². The Morgan fingerprint density at radius 2 is 2.14 bits per heavy atom. The average Bonchev–Trinajstić information content (AvgIpc) is 2.86. The lowest BCUT2D eigenvalue weighted by Crippen LogP contribution is -2.66. The molecule has 7 nitrogen and oxygen atoms in total. The topological polar surface area (TPSA) is 80.5 Å². The van der Waals surface area contributed by atoms with Gasteiger partial charge in [-0.05, 0) is 11.6 Å². The van der Waals surface area contributed by atoms with Gasteiger partial charge in [0.25, 0.3) is 0 Å². The van der Waals surface area contributed by atoms with Crippen molar-refractivity contribution in [3.05, 3.63) is 41.9 Å². The highest BCUT2D eigenvalue weighted by atomic mass is 16.5. The Labute approximate surface area is 127 Å². The van der Waals surface area contributed by atoms with Crippen molar-refractivity contribution in [3.8, 4) is 0 Å². The molecule has 2 aliphatic rings. The molecule has 0 saturated carbocycles. The number of rotatable bonds is 4. The molecule has 2 aromatic heterocycles. The molecule has 2 saturated heterocycles. The molecule has 0 radical (unpaired) electrons. The summed E-state index contributed by atoms with van der Waals surface area (Å²) in [7, 11) is 0. The Kier molecular flexibility index (Phi) is 2.90. The van der Waals surface area contributed by atoms with E-state index in [1.54, 1.807) is 4.68 Å². The van der Waals surface area contributed by atoms with Gasteiger partial charge in [-0.25, -0.2) is 9.78 Å². The number of ether oxygens (including phenoxy) is 1. The summed E-state index contributed by atoms with van der Waals surface area (Å²) in [6.45, 7) is 4.28. The second-order valence-corrected chi connectivity index (χ2v) is 6.11. The molecule has 2 aliphatic heterocycles. The molecule has 0 unspecified atom stereocenters. The third-order valence-corrected chi connectivity index (χ3v) is 4.23. The Morgan fingerprint density at radius 3 is 2.68 bits per heavy atom. The quantitative estimate of drug-likeness (QED) is 0.902. The van der Waals surface area contributed by atoms with Crippen LogP contribution >= 0.6 is 0 Å². The molecular weight excluding hydrogens is 284 g/mol. The second-order valence-electron chi connectivity index (χ2n) is 6.11. The first-order valence-corrected chi connectivity index (χ1v) is 7.17. The van der Waals surface area contributed by atoms with Gasteiger partial charge in [0.1, 0.15) is 5.82 Å². The van der Waals surface area contributed by atoms with Crippen LogP contribution in [0.4, 0.5) is 5.82 Å². The van der Waals surface area contributed by atoms with Crippen LogP contribution in [0.25, 0.3) is 0 Å². The smallest absolute Gasteiger partial charge is 0.338 e. The van der Waals surface area contributed by atoms with E-state index in [1.807, 2.05) is 18.3 Å². The number of aromatic carboxylic acids is 1. The van der Waals surface area contributed by atoms with Crippen molar-refractivity contribution < 1.29 is 14.6 Å². The highest BCUT2D eigenvalue weighted by molar-refractivity contribution is 5.86. The van der Waals surface area contributed by atoms with Gasteiger partial charge in [0, 0.05) is 25.5 Å². The van der Waals surface area contributed by atoms with E-state index in [2.05, 4.69) is 15.0 Å². The van der Waals surface area contributed by atoms with E-state index in [-0.39, 0.29) is 5.56 Å². The van der Waals surface area contributed by atoms with Crippen molar-refractivity contribution in [2.45, 2.75) is 6.54 Å². The zero-order valence-electron chi connectivity index (χ0n) is 12.0. The third-order valence-electron chi connectivity index (χ3n) is 4.23. The summed E-state index contributed by atoms with van der Waals surface area (Å²) in [5.74, 6) is 0.0133. The maximum Gasteiger partial charge on any atom is 0.338 e. The molecule has 0 atom stereocenters. The number of hydrogen-bond acceptors (Lipinski definition) is 5. The molecule has 0 aliphatic carbocycles. The SMILES string of the molecule is O=C(O)c1cnn(Cc2ccc(N3CC4(COC4)C3)nc2)c1. The first-order chi connectivity index (χ1) is 10.6.